The molecule has 4 rings (SSSR count). The normalized spacial score (nSPS) is 47.8. The van der Waals surface area contributed by atoms with E-state index in [2.05, 4.69) is 43.4 Å². The molecule has 2 N–H and O–H groups in total. The Kier molecular flexibility index (Phi) is 8.09. The van der Waals surface area contributed by atoms with Crippen molar-refractivity contribution in [3.05, 3.63) is 0 Å². The second-order valence-electron chi connectivity index (χ2n) is 12.1. The van der Waals surface area contributed by atoms with Crippen molar-refractivity contribution in [2.75, 3.05) is 18.1 Å². The first-order chi connectivity index (χ1) is 15.7. The largest absolute Gasteiger partial charge is 0.469 e. The Morgan fingerprint density at radius 1 is 1.12 bits per heavy atom. The summed E-state index contributed by atoms with van der Waals surface area (Å²) in [4.78, 5) is 11.7. The molecule has 0 saturated heterocycles. The smallest absolute Gasteiger partial charge is 0.305 e. The van der Waals surface area contributed by atoms with Crippen LogP contribution in [0, 0.1) is 46.3 Å². The van der Waals surface area contributed by atoms with Crippen LogP contribution in [0.1, 0.15) is 78.6 Å². The number of rotatable bonds is 7. The van der Waals surface area contributed by atoms with Crippen LogP contribution in [0.3, 0.4) is 0 Å². The number of esters is 1. The molecule has 5 nitrogen and oxygen atoms in total. The molecule has 4 aliphatic carbocycles. The molecule has 4 aliphatic rings. The van der Waals surface area contributed by atoms with Gasteiger partial charge in [0.15, 0.2) is 0 Å². The van der Waals surface area contributed by atoms with E-state index in [9.17, 15) is 15.0 Å². The van der Waals surface area contributed by atoms with Gasteiger partial charge >= 0.3 is 5.97 Å². The highest BCUT2D eigenvalue weighted by Crippen LogP contribution is 2.68. The fourth-order valence-electron chi connectivity index (χ4n) is 9.13. The van der Waals surface area contributed by atoms with Crippen LogP contribution in [0.25, 0.3) is 0 Å². The zero-order valence-electron chi connectivity index (χ0n) is 21.0. The van der Waals surface area contributed by atoms with Crippen LogP contribution in [0.15, 0.2) is 0 Å². The Morgan fingerprint density at radius 2 is 1.88 bits per heavy atom. The van der Waals surface area contributed by atoms with Crippen molar-refractivity contribution in [1.29, 1.82) is 0 Å². The van der Waals surface area contributed by atoms with Gasteiger partial charge in [-0.1, -0.05) is 43.4 Å². The summed E-state index contributed by atoms with van der Waals surface area (Å²) in [5, 5.41) is 23.2. The minimum atomic E-state index is -0.340. The number of aliphatic hydroxyl groups is 2. The minimum Gasteiger partial charge on any atom is -0.469 e. The summed E-state index contributed by atoms with van der Waals surface area (Å²) in [7, 11) is 1.45. The van der Waals surface area contributed by atoms with Gasteiger partial charge in [-0.25, -0.2) is 0 Å². The predicted octanol–water partition coefficient (Wildman–Crippen LogP) is 5.00. The fraction of sp³-hybridized carbons (Fsp3) is 0.963. The molecule has 0 spiro atoms. The molecule has 0 unspecified atom stereocenters. The van der Waals surface area contributed by atoms with Gasteiger partial charge in [0.2, 0.25) is 0 Å². The van der Waals surface area contributed by atoms with E-state index < -0.39 is 0 Å². The van der Waals surface area contributed by atoms with Crippen LogP contribution < -0.4 is 0 Å². The van der Waals surface area contributed by atoms with Crippen molar-refractivity contribution in [3.8, 4) is 0 Å². The number of alkyl halides is 1. The van der Waals surface area contributed by atoms with Gasteiger partial charge in [-0.3, -0.25) is 4.79 Å². The summed E-state index contributed by atoms with van der Waals surface area (Å²) in [6, 6.07) is 0. The standard InChI is InChI=1S/C27H45IO5/c1-16(5-8-24(31)32-4)19-6-7-20-25-21(15-23(30)27(19,20)3)26(2)10-9-18(33-12-11-28)13-17(26)14-22(25)29/h16-23,25,29-30H,5-15H2,1-4H3/t16-,17+,18+,19-,20+,21+,22-,23+,25+,26+,27-/m1/s1. The molecule has 4 fully saturated rings. The van der Waals surface area contributed by atoms with E-state index in [-0.39, 0.29) is 34.9 Å². The Morgan fingerprint density at radius 3 is 2.58 bits per heavy atom. The van der Waals surface area contributed by atoms with Gasteiger partial charge in [0.1, 0.15) is 0 Å². The molecule has 0 aromatic carbocycles. The van der Waals surface area contributed by atoms with Crippen LogP contribution in [0.5, 0.6) is 0 Å². The van der Waals surface area contributed by atoms with Crippen molar-refractivity contribution < 1.29 is 24.5 Å². The molecule has 11 atom stereocenters. The topological polar surface area (TPSA) is 76.0 Å². The van der Waals surface area contributed by atoms with Crippen molar-refractivity contribution in [1.82, 2.24) is 0 Å². The highest BCUT2D eigenvalue weighted by atomic mass is 127. The van der Waals surface area contributed by atoms with Gasteiger partial charge in [0.05, 0.1) is 32.0 Å². The van der Waals surface area contributed by atoms with E-state index in [1.807, 2.05) is 0 Å². The zero-order valence-corrected chi connectivity index (χ0v) is 23.1. The number of methoxy groups -OCH3 is 1. The van der Waals surface area contributed by atoms with Gasteiger partial charge in [-0.15, -0.1) is 0 Å². The zero-order chi connectivity index (χ0) is 24.0. The average Bonchev–Trinajstić information content (AvgIpc) is 3.15. The Balaban J connectivity index is 1.52. The fourth-order valence-corrected chi connectivity index (χ4v) is 9.38. The van der Waals surface area contributed by atoms with Gasteiger partial charge in [-0.2, -0.15) is 0 Å². The maximum atomic E-state index is 11.7. The first-order valence-electron chi connectivity index (χ1n) is 13.3. The monoisotopic (exact) mass is 576 g/mol. The van der Waals surface area contributed by atoms with Gasteiger partial charge in [0.25, 0.3) is 0 Å². The van der Waals surface area contributed by atoms with E-state index >= 15 is 0 Å². The lowest BCUT2D eigenvalue weighted by Gasteiger charge is -2.63. The van der Waals surface area contributed by atoms with Crippen molar-refractivity contribution >= 4 is 28.6 Å². The number of hydrogen-bond donors (Lipinski definition) is 2. The first-order valence-corrected chi connectivity index (χ1v) is 14.8. The predicted molar refractivity (Wildman–Crippen MR) is 137 cm³/mol. The summed E-state index contributed by atoms with van der Waals surface area (Å²) in [6.45, 7) is 7.81. The molecule has 4 saturated carbocycles. The second kappa shape index (κ2) is 10.2. The Labute approximate surface area is 213 Å². The third-order valence-corrected chi connectivity index (χ3v) is 11.4. The van der Waals surface area contributed by atoms with Crippen molar-refractivity contribution in [2.24, 2.45) is 46.3 Å². The van der Waals surface area contributed by atoms with E-state index in [0.717, 1.165) is 62.4 Å². The summed E-state index contributed by atoms with van der Waals surface area (Å²) >= 11 is 2.37. The molecule has 0 aliphatic heterocycles. The molecule has 0 bridgehead atoms. The molecule has 33 heavy (non-hydrogen) atoms. The lowest BCUT2D eigenvalue weighted by Crippen LogP contribution is -2.62. The van der Waals surface area contributed by atoms with E-state index in [4.69, 9.17) is 9.47 Å². The summed E-state index contributed by atoms with van der Waals surface area (Å²) in [5.41, 5.74) is 0.00641. The molecule has 6 heteroatoms. The molecular weight excluding hydrogens is 531 g/mol. The number of carbonyl (C=O) groups is 1. The molecule has 0 heterocycles. The Hall–Kier alpha value is 0.0800. The van der Waals surface area contributed by atoms with Crippen LogP contribution in [0.2, 0.25) is 0 Å². The third kappa shape index (κ3) is 4.53. The van der Waals surface area contributed by atoms with E-state index in [0.29, 0.717) is 42.1 Å². The number of aliphatic hydroxyl groups excluding tert-OH is 2. The van der Waals surface area contributed by atoms with Gasteiger partial charge in [0, 0.05) is 10.8 Å². The highest BCUT2D eigenvalue weighted by molar-refractivity contribution is 14.1. The van der Waals surface area contributed by atoms with Gasteiger partial charge < -0.3 is 19.7 Å². The van der Waals surface area contributed by atoms with Crippen molar-refractivity contribution in [3.63, 3.8) is 0 Å². The summed E-state index contributed by atoms with van der Waals surface area (Å²) in [5.74, 6) is 2.11. The lowest BCUT2D eigenvalue weighted by molar-refractivity contribution is -0.208. The molecule has 190 valence electrons. The van der Waals surface area contributed by atoms with E-state index in [1.54, 1.807) is 0 Å². The maximum Gasteiger partial charge on any atom is 0.305 e. The second-order valence-corrected chi connectivity index (χ2v) is 13.2. The number of halogens is 1. The number of carbonyl (C=O) groups excluding carboxylic acids is 1. The molecule has 0 radical (unpaired) electrons. The van der Waals surface area contributed by atoms with Crippen LogP contribution in [-0.2, 0) is 14.3 Å². The third-order valence-electron chi connectivity index (χ3n) is 11.0. The maximum absolute atomic E-state index is 11.7. The highest BCUT2D eigenvalue weighted by Gasteiger charge is 2.65. The molecule has 0 amide bonds. The van der Waals surface area contributed by atoms with Crippen LogP contribution in [-0.4, -0.2) is 52.6 Å². The molecule has 0 aromatic rings. The summed E-state index contributed by atoms with van der Waals surface area (Å²) < 4.78 is 12.0. The number of ether oxygens (including phenoxy) is 2. The van der Waals surface area contributed by atoms with Gasteiger partial charge in [-0.05, 0) is 97.7 Å². The first kappa shape index (κ1) is 26.2. The minimum absolute atomic E-state index is 0.148. The SMILES string of the molecule is COC(=O)CC[C@@H](C)[C@H]1CC[C@H]2[C@@H]3[C@H](O)C[C@@H]4C[C@@H](OCCI)CC[C@]4(C)[C@H]3C[C@H](O)[C@]12C. The molecular formula is C27H45IO5. The average molecular weight is 577 g/mol. The van der Waals surface area contributed by atoms with Crippen molar-refractivity contribution in [2.45, 2.75) is 96.9 Å². The summed E-state index contributed by atoms with van der Waals surface area (Å²) in [6.07, 6.45) is 8.12. The van der Waals surface area contributed by atoms with Crippen LogP contribution >= 0.6 is 22.6 Å². The number of hydrogen-bond acceptors (Lipinski definition) is 5. The molecule has 0 aromatic heterocycles. The van der Waals surface area contributed by atoms with Crippen LogP contribution in [0.4, 0.5) is 0 Å². The Bertz CT molecular complexity index is 702. The lowest BCUT2D eigenvalue weighted by atomic mass is 9.43. The number of fused-ring (bicyclic) bond motifs is 5. The van der Waals surface area contributed by atoms with E-state index in [1.165, 1.54) is 7.11 Å². The quantitative estimate of drug-likeness (QED) is 0.254.